The Balaban J connectivity index is 1.57. The zero-order valence-corrected chi connectivity index (χ0v) is 19.3. The standard InChI is InChI=1S/C26H32N2O5/c1-3-32-26(30)25-19(2)28(16-20-7-5-4-6-8-20)24-10-9-22(15-23(24)25)33-18-21(29)17-27-11-13-31-14-12-27/h4-10,15,21,29H,3,11-14,16-18H2,1-2H3/t21-/m0/s1. The van der Waals surface area contributed by atoms with Crippen molar-refractivity contribution in [2.45, 2.75) is 26.5 Å². The normalized spacial score (nSPS) is 15.5. The number of nitrogens with zero attached hydrogens (tertiary/aromatic N) is 2. The SMILES string of the molecule is CCOC(=O)c1c(C)n(Cc2ccccc2)c2ccc(OC[C@@H](O)CN3CCOCC3)cc12. The van der Waals surface area contributed by atoms with E-state index in [-0.39, 0.29) is 12.6 Å². The van der Waals surface area contributed by atoms with Gasteiger partial charge < -0.3 is 23.9 Å². The predicted molar refractivity (Wildman–Crippen MR) is 127 cm³/mol. The predicted octanol–water partition coefficient (Wildman–Crippen LogP) is 3.25. The van der Waals surface area contributed by atoms with E-state index in [1.165, 1.54) is 0 Å². The molecule has 7 heteroatoms. The van der Waals surface area contributed by atoms with Crippen LogP contribution >= 0.6 is 0 Å². The number of β-amino-alcohol motifs (C(OH)–C–C–N with tert-alkyl or cyclic N) is 1. The lowest BCUT2D eigenvalue weighted by Gasteiger charge is -2.28. The molecule has 1 aliphatic rings. The highest BCUT2D eigenvalue weighted by atomic mass is 16.5. The minimum absolute atomic E-state index is 0.182. The van der Waals surface area contributed by atoms with E-state index >= 15 is 0 Å². The second-order valence-electron chi connectivity index (χ2n) is 8.31. The average molecular weight is 453 g/mol. The van der Waals surface area contributed by atoms with Crippen molar-refractivity contribution >= 4 is 16.9 Å². The monoisotopic (exact) mass is 452 g/mol. The number of carbonyl (C=O) groups is 1. The molecule has 176 valence electrons. The van der Waals surface area contributed by atoms with E-state index in [2.05, 4.69) is 21.6 Å². The summed E-state index contributed by atoms with van der Waals surface area (Å²) in [5, 5.41) is 11.2. The number of aliphatic hydroxyl groups excluding tert-OH is 1. The Morgan fingerprint density at radius 3 is 2.64 bits per heavy atom. The van der Waals surface area contributed by atoms with Gasteiger partial charge in [0, 0.05) is 42.8 Å². The lowest BCUT2D eigenvalue weighted by molar-refractivity contribution is 0.00466. The molecule has 0 spiro atoms. The number of esters is 1. The molecule has 33 heavy (non-hydrogen) atoms. The number of aliphatic hydroxyl groups is 1. The summed E-state index contributed by atoms with van der Waals surface area (Å²) in [6.07, 6.45) is -0.604. The molecule has 1 saturated heterocycles. The summed E-state index contributed by atoms with van der Waals surface area (Å²) in [7, 11) is 0. The Labute approximate surface area is 194 Å². The van der Waals surface area contributed by atoms with Gasteiger partial charge in [-0.2, -0.15) is 0 Å². The maximum Gasteiger partial charge on any atom is 0.340 e. The molecule has 2 heterocycles. The third-order valence-electron chi connectivity index (χ3n) is 5.97. The first-order valence-electron chi connectivity index (χ1n) is 11.5. The van der Waals surface area contributed by atoms with Crippen molar-refractivity contribution < 1.29 is 24.1 Å². The lowest BCUT2D eigenvalue weighted by Crippen LogP contribution is -2.42. The number of carbonyl (C=O) groups excluding carboxylic acids is 1. The number of hydrogen-bond acceptors (Lipinski definition) is 6. The van der Waals surface area contributed by atoms with E-state index < -0.39 is 6.10 Å². The summed E-state index contributed by atoms with van der Waals surface area (Å²) in [4.78, 5) is 15.0. The molecular weight excluding hydrogens is 420 g/mol. The van der Waals surface area contributed by atoms with Gasteiger partial charge in [-0.05, 0) is 37.6 Å². The van der Waals surface area contributed by atoms with E-state index in [0.29, 0.717) is 44.2 Å². The molecule has 1 aromatic heterocycles. The fourth-order valence-corrected chi connectivity index (χ4v) is 4.31. The summed E-state index contributed by atoms with van der Waals surface area (Å²) in [6.45, 7) is 8.48. The third-order valence-corrected chi connectivity index (χ3v) is 5.97. The van der Waals surface area contributed by atoms with Crippen LogP contribution in [0.3, 0.4) is 0 Å². The molecule has 3 aromatic rings. The van der Waals surface area contributed by atoms with Gasteiger partial charge in [-0.25, -0.2) is 4.79 Å². The van der Waals surface area contributed by atoms with Crippen LogP contribution in [0.25, 0.3) is 10.9 Å². The highest BCUT2D eigenvalue weighted by Gasteiger charge is 2.22. The van der Waals surface area contributed by atoms with Crippen LogP contribution in [0.15, 0.2) is 48.5 Å². The van der Waals surface area contributed by atoms with Crippen LogP contribution < -0.4 is 4.74 Å². The molecule has 1 aliphatic heterocycles. The molecule has 4 rings (SSSR count). The number of ether oxygens (including phenoxy) is 3. The smallest absolute Gasteiger partial charge is 0.340 e. The summed E-state index contributed by atoms with van der Waals surface area (Å²) in [5.74, 6) is 0.280. The molecular formula is C26H32N2O5. The highest BCUT2D eigenvalue weighted by Crippen LogP contribution is 2.31. The second-order valence-corrected chi connectivity index (χ2v) is 8.31. The van der Waals surface area contributed by atoms with Gasteiger partial charge in [-0.3, -0.25) is 4.90 Å². The minimum Gasteiger partial charge on any atom is -0.491 e. The number of benzene rings is 2. The van der Waals surface area contributed by atoms with Crippen molar-refractivity contribution in [1.82, 2.24) is 9.47 Å². The first kappa shape index (κ1) is 23.3. The first-order chi connectivity index (χ1) is 16.1. The molecule has 0 radical (unpaired) electrons. The van der Waals surface area contributed by atoms with Crippen LogP contribution in [0.1, 0.15) is 28.5 Å². The summed E-state index contributed by atoms with van der Waals surface area (Å²) >= 11 is 0. The highest BCUT2D eigenvalue weighted by molar-refractivity contribution is 6.06. The van der Waals surface area contributed by atoms with E-state index in [0.717, 1.165) is 35.2 Å². The van der Waals surface area contributed by atoms with E-state index in [4.69, 9.17) is 14.2 Å². The van der Waals surface area contributed by atoms with Gasteiger partial charge in [0.2, 0.25) is 0 Å². The maximum absolute atomic E-state index is 12.8. The zero-order chi connectivity index (χ0) is 23.2. The van der Waals surface area contributed by atoms with Crippen LogP contribution in [0.5, 0.6) is 5.75 Å². The van der Waals surface area contributed by atoms with Crippen LogP contribution in [-0.4, -0.2) is 72.7 Å². The molecule has 2 aromatic carbocycles. The lowest BCUT2D eigenvalue weighted by atomic mass is 10.1. The zero-order valence-electron chi connectivity index (χ0n) is 19.3. The summed E-state index contributed by atoms with van der Waals surface area (Å²) < 4.78 is 18.8. The van der Waals surface area contributed by atoms with Crippen LogP contribution in [0.4, 0.5) is 0 Å². The Morgan fingerprint density at radius 2 is 1.91 bits per heavy atom. The van der Waals surface area contributed by atoms with Crippen molar-refractivity contribution in [3.05, 3.63) is 65.4 Å². The number of hydrogen-bond donors (Lipinski definition) is 1. The molecule has 1 atom stereocenters. The van der Waals surface area contributed by atoms with E-state index in [1.54, 1.807) is 6.92 Å². The molecule has 1 N–H and O–H groups in total. The molecule has 0 aliphatic carbocycles. The molecule has 7 nitrogen and oxygen atoms in total. The van der Waals surface area contributed by atoms with Crippen LogP contribution in [0.2, 0.25) is 0 Å². The first-order valence-corrected chi connectivity index (χ1v) is 11.5. The fraction of sp³-hybridized carbons (Fsp3) is 0.423. The van der Waals surface area contributed by atoms with Crippen molar-refractivity contribution in [3.8, 4) is 5.75 Å². The van der Waals surface area contributed by atoms with Gasteiger partial charge in [0.15, 0.2) is 0 Å². The number of aromatic nitrogens is 1. The second kappa shape index (κ2) is 10.8. The quantitative estimate of drug-likeness (QED) is 0.503. The van der Waals surface area contributed by atoms with Gasteiger partial charge in [0.25, 0.3) is 0 Å². The van der Waals surface area contributed by atoms with E-state index in [9.17, 15) is 9.90 Å². The Morgan fingerprint density at radius 1 is 1.15 bits per heavy atom. The van der Waals surface area contributed by atoms with Crippen molar-refractivity contribution in [2.75, 3.05) is 46.1 Å². The summed E-state index contributed by atoms with van der Waals surface area (Å²) in [6, 6.07) is 15.9. The molecule has 0 saturated carbocycles. The molecule has 0 unspecified atom stereocenters. The number of fused-ring (bicyclic) bond motifs is 1. The molecule has 0 bridgehead atoms. The maximum atomic E-state index is 12.8. The number of rotatable bonds is 9. The Bertz CT molecular complexity index is 1070. The number of morpholine rings is 1. The largest absolute Gasteiger partial charge is 0.491 e. The molecule has 1 fully saturated rings. The van der Waals surface area contributed by atoms with Crippen LogP contribution in [0, 0.1) is 6.92 Å². The van der Waals surface area contributed by atoms with Gasteiger partial charge in [-0.15, -0.1) is 0 Å². The van der Waals surface area contributed by atoms with Gasteiger partial charge in [0.1, 0.15) is 18.5 Å². The minimum atomic E-state index is -0.604. The van der Waals surface area contributed by atoms with Gasteiger partial charge in [-0.1, -0.05) is 30.3 Å². The summed E-state index contributed by atoms with van der Waals surface area (Å²) in [5.41, 5.74) is 3.51. The van der Waals surface area contributed by atoms with Crippen molar-refractivity contribution in [3.63, 3.8) is 0 Å². The third kappa shape index (κ3) is 5.55. The van der Waals surface area contributed by atoms with Crippen molar-refractivity contribution in [2.24, 2.45) is 0 Å². The molecule has 0 amide bonds. The van der Waals surface area contributed by atoms with E-state index in [1.807, 2.05) is 43.3 Å². The van der Waals surface area contributed by atoms with Gasteiger partial charge >= 0.3 is 5.97 Å². The topological polar surface area (TPSA) is 73.2 Å². The Kier molecular flexibility index (Phi) is 7.65. The van der Waals surface area contributed by atoms with Gasteiger partial charge in [0.05, 0.1) is 25.4 Å². The Hall–Kier alpha value is -2.87. The van der Waals surface area contributed by atoms with Crippen LogP contribution in [-0.2, 0) is 16.0 Å². The average Bonchev–Trinajstić information content (AvgIpc) is 3.10. The fourth-order valence-electron chi connectivity index (χ4n) is 4.31. The van der Waals surface area contributed by atoms with Crippen molar-refractivity contribution in [1.29, 1.82) is 0 Å².